The number of aromatic nitrogens is 2. The number of rotatable bonds is 6. The normalized spacial score (nSPS) is 20.8. The lowest BCUT2D eigenvalue weighted by molar-refractivity contribution is -0.150. The summed E-state index contributed by atoms with van der Waals surface area (Å²) in [5.74, 6) is 0.395. The molecule has 3 aliphatic rings. The number of amides is 1. The topological polar surface area (TPSA) is 94.1 Å². The average Bonchev–Trinajstić information content (AvgIpc) is 2.93. The number of likely N-dealkylation sites (tertiary alicyclic amines) is 1. The van der Waals surface area contributed by atoms with E-state index in [2.05, 4.69) is 27.1 Å². The molecule has 1 unspecified atom stereocenters. The molecule has 0 saturated carbocycles. The van der Waals surface area contributed by atoms with Gasteiger partial charge in [0.15, 0.2) is 0 Å². The Bertz CT molecular complexity index is 1380. The highest BCUT2D eigenvalue weighted by Gasteiger charge is 2.37. The smallest absolute Gasteiger partial charge is 0.230 e. The van der Waals surface area contributed by atoms with E-state index in [-0.39, 0.29) is 23.6 Å². The van der Waals surface area contributed by atoms with Gasteiger partial charge in [-0.1, -0.05) is 0 Å². The second-order valence-electron chi connectivity index (χ2n) is 11.5. The Kier molecular flexibility index (Phi) is 7.33. The lowest BCUT2D eigenvalue weighted by Crippen LogP contribution is -2.53. The van der Waals surface area contributed by atoms with Crippen molar-refractivity contribution in [2.75, 3.05) is 69.7 Å². The Morgan fingerprint density at radius 3 is 2.52 bits per heavy atom. The molecule has 1 amide bonds. The molecule has 212 valence electrons. The van der Waals surface area contributed by atoms with E-state index in [1.54, 1.807) is 24.4 Å². The minimum absolute atomic E-state index is 0.00593. The minimum atomic E-state index is -1.03. The van der Waals surface area contributed by atoms with E-state index in [9.17, 15) is 14.3 Å². The van der Waals surface area contributed by atoms with Gasteiger partial charge in [0.2, 0.25) is 5.91 Å². The molecule has 6 rings (SSSR count). The van der Waals surface area contributed by atoms with Crippen molar-refractivity contribution in [3.05, 3.63) is 54.1 Å². The lowest BCUT2D eigenvalue weighted by atomic mass is 9.79. The first-order valence-corrected chi connectivity index (χ1v) is 14.1. The van der Waals surface area contributed by atoms with Crippen LogP contribution in [0.4, 0.5) is 21.6 Å². The summed E-state index contributed by atoms with van der Waals surface area (Å²) in [4.78, 5) is 28.2. The monoisotopic (exact) mass is 548 g/mol. The number of hydrogen-bond donors (Lipinski definition) is 2. The van der Waals surface area contributed by atoms with Crippen LogP contribution >= 0.6 is 0 Å². The molecule has 5 heterocycles. The van der Waals surface area contributed by atoms with Crippen molar-refractivity contribution in [2.24, 2.45) is 11.8 Å². The first kappa shape index (κ1) is 26.9. The van der Waals surface area contributed by atoms with Gasteiger partial charge in [0.05, 0.1) is 36.0 Å². The van der Waals surface area contributed by atoms with E-state index in [1.807, 2.05) is 24.0 Å². The number of nitrogens with zero attached hydrogens (tertiary/aromatic N) is 5. The summed E-state index contributed by atoms with van der Waals surface area (Å²) in [6.45, 7) is 7.45. The van der Waals surface area contributed by atoms with Crippen molar-refractivity contribution in [2.45, 2.75) is 25.4 Å². The molecule has 40 heavy (non-hydrogen) atoms. The second-order valence-corrected chi connectivity index (χ2v) is 11.5. The van der Waals surface area contributed by atoms with Gasteiger partial charge in [-0.25, -0.2) is 14.4 Å². The predicted molar refractivity (Wildman–Crippen MR) is 152 cm³/mol. The molecule has 10 heteroatoms. The number of fused-ring (bicyclic) bond motifs is 1. The number of piperazine rings is 1. The van der Waals surface area contributed by atoms with Crippen LogP contribution in [0.2, 0.25) is 0 Å². The zero-order valence-electron chi connectivity index (χ0n) is 23.1. The van der Waals surface area contributed by atoms with Crippen LogP contribution in [-0.4, -0.2) is 90.3 Å². The fraction of sp³-hybridized carbons (Fsp3) is 0.500. The number of benzene rings is 1. The average molecular weight is 549 g/mol. The van der Waals surface area contributed by atoms with Crippen molar-refractivity contribution in [3.63, 3.8) is 0 Å². The Morgan fingerprint density at radius 2 is 1.82 bits per heavy atom. The van der Waals surface area contributed by atoms with E-state index in [0.29, 0.717) is 62.1 Å². The number of aliphatic hydroxyl groups is 1. The predicted octanol–water partition coefficient (Wildman–Crippen LogP) is 3.36. The number of nitrogens with one attached hydrogen (secondary N) is 1. The van der Waals surface area contributed by atoms with Gasteiger partial charge >= 0.3 is 0 Å². The molecular formula is C30H37FN6O3. The number of piperidine rings is 1. The first-order valence-electron chi connectivity index (χ1n) is 14.1. The highest BCUT2D eigenvalue weighted by molar-refractivity contribution is 5.82. The summed E-state index contributed by atoms with van der Waals surface area (Å²) >= 11 is 0. The summed E-state index contributed by atoms with van der Waals surface area (Å²) in [6, 6.07) is 10.6. The van der Waals surface area contributed by atoms with Crippen LogP contribution in [0, 0.1) is 17.7 Å². The van der Waals surface area contributed by atoms with E-state index >= 15 is 0 Å². The highest BCUT2D eigenvalue weighted by Crippen LogP contribution is 2.36. The summed E-state index contributed by atoms with van der Waals surface area (Å²) in [7, 11) is 2.11. The van der Waals surface area contributed by atoms with Gasteiger partial charge in [-0.2, -0.15) is 0 Å². The number of anilines is 3. The maximum Gasteiger partial charge on any atom is 0.230 e. The number of carbonyl (C=O) groups excluding carboxylic acids is 1. The fourth-order valence-electron chi connectivity index (χ4n) is 5.91. The van der Waals surface area contributed by atoms with Crippen LogP contribution in [0.25, 0.3) is 10.9 Å². The number of carbonyl (C=O) groups is 1. The zero-order chi connectivity index (χ0) is 27.9. The molecule has 0 aliphatic carbocycles. The van der Waals surface area contributed by atoms with Crippen LogP contribution in [0.3, 0.4) is 0 Å². The molecule has 3 aromatic rings. The van der Waals surface area contributed by atoms with Crippen molar-refractivity contribution in [1.82, 2.24) is 19.8 Å². The van der Waals surface area contributed by atoms with Crippen molar-refractivity contribution < 1.29 is 19.0 Å². The van der Waals surface area contributed by atoms with Crippen LogP contribution in [-0.2, 0) is 15.1 Å². The Morgan fingerprint density at radius 1 is 1.07 bits per heavy atom. The molecule has 0 radical (unpaired) electrons. The standard InChI is InChI=1S/C30H37FN6O3/c1-30(39,22-7-9-35(2)10-8-22)27-6-3-20-17-32-28(16-25(20)33-27)34-26-15-23(4-5-24(26)31)36-11-13-37(14-12-36)29(38)21-18-40-19-21/h3-6,15-17,21-22,39H,7-14,18-19H2,1-2H3,(H,32,34). The second kappa shape index (κ2) is 10.9. The molecule has 3 fully saturated rings. The van der Waals surface area contributed by atoms with Gasteiger partial charge in [0.25, 0.3) is 0 Å². The molecule has 3 saturated heterocycles. The maximum absolute atomic E-state index is 14.9. The third-order valence-corrected chi connectivity index (χ3v) is 8.76. The van der Waals surface area contributed by atoms with E-state index < -0.39 is 5.60 Å². The Balaban J connectivity index is 1.17. The van der Waals surface area contributed by atoms with Gasteiger partial charge in [0, 0.05) is 49.5 Å². The SMILES string of the molecule is CN1CCC(C(C)(O)c2ccc3cnc(Nc4cc(N5CCN(C(=O)C6COC6)CC5)ccc4F)cc3n2)CC1. The molecule has 0 spiro atoms. The molecule has 1 atom stereocenters. The maximum atomic E-state index is 14.9. The lowest BCUT2D eigenvalue weighted by Gasteiger charge is -2.39. The summed E-state index contributed by atoms with van der Waals surface area (Å²) in [6.07, 6.45) is 3.55. The van der Waals surface area contributed by atoms with Crippen LogP contribution in [0.1, 0.15) is 25.5 Å². The number of ether oxygens (including phenoxy) is 1. The molecule has 3 aliphatic heterocycles. The highest BCUT2D eigenvalue weighted by atomic mass is 19.1. The van der Waals surface area contributed by atoms with Crippen LogP contribution in [0.15, 0.2) is 42.6 Å². The third-order valence-electron chi connectivity index (χ3n) is 8.76. The Hall–Kier alpha value is -3.34. The van der Waals surface area contributed by atoms with Gasteiger partial charge in [-0.3, -0.25) is 4.79 Å². The molecule has 1 aromatic carbocycles. The van der Waals surface area contributed by atoms with E-state index in [0.717, 1.165) is 37.0 Å². The molecule has 0 bridgehead atoms. The summed E-state index contributed by atoms with van der Waals surface area (Å²) in [5.41, 5.74) is 1.51. The van der Waals surface area contributed by atoms with Gasteiger partial charge in [-0.15, -0.1) is 0 Å². The zero-order valence-corrected chi connectivity index (χ0v) is 23.1. The Labute approximate surface area is 233 Å². The van der Waals surface area contributed by atoms with Crippen molar-refractivity contribution in [3.8, 4) is 0 Å². The van der Waals surface area contributed by atoms with Gasteiger partial charge < -0.3 is 29.9 Å². The first-order chi connectivity index (χ1) is 19.3. The molecule has 9 nitrogen and oxygen atoms in total. The van der Waals surface area contributed by atoms with Crippen LogP contribution < -0.4 is 10.2 Å². The molecule has 2 aromatic heterocycles. The number of halogens is 1. The molecule has 2 N–H and O–H groups in total. The quantitative estimate of drug-likeness (QED) is 0.485. The van der Waals surface area contributed by atoms with Crippen LogP contribution in [0.5, 0.6) is 0 Å². The van der Waals surface area contributed by atoms with E-state index in [1.165, 1.54) is 6.07 Å². The van der Waals surface area contributed by atoms with Crippen molar-refractivity contribution >= 4 is 34.0 Å². The number of hydrogen-bond acceptors (Lipinski definition) is 8. The van der Waals surface area contributed by atoms with Crippen molar-refractivity contribution in [1.29, 1.82) is 0 Å². The van der Waals surface area contributed by atoms with E-state index in [4.69, 9.17) is 9.72 Å². The number of pyridine rings is 2. The van der Waals surface area contributed by atoms with Gasteiger partial charge in [-0.05, 0) is 76.2 Å². The minimum Gasteiger partial charge on any atom is -0.384 e. The third kappa shape index (κ3) is 5.35. The fourth-order valence-corrected chi connectivity index (χ4v) is 5.91. The largest absolute Gasteiger partial charge is 0.384 e. The molecular weight excluding hydrogens is 511 g/mol. The summed E-state index contributed by atoms with van der Waals surface area (Å²) < 4.78 is 20.0. The van der Waals surface area contributed by atoms with Gasteiger partial charge in [0.1, 0.15) is 17.2 Å². The summed E-state index contributed by atoms with van der Waals surface area (Å²) in [5, 5.41) is 15.4.